The van der Waals surface area contributed by atoms with Crippen molar-refractivity contribution in [2.45, 2.75) is 25.4 Å². The molecule has 2 aliphatic heterocycles. The highest BCUT2D eigenvalue weighted by Crippen LogP contribution is 2.27. The van der Waals surface area contributed by atoms with Gasteiger partial charge in [0.05, 0.1) is 18.3 Å². The number of carboxylic acid groups (broad SMARTS) is 1. The lowest BCUT2D eigenvalue weighted by molar-refractivity contribution is -0.122. The molecule has 2 aliphatic rings. The van der Waals surface area contributed by atoms with Gasteiger partial charge >= 0.3 is 6.09 Å². The minimum atomic E-state index is -0.970. The summed E-state index contributed by atoms with van der Waals surface area (Å²) in [6.07, 6.45) is 1.02. The molecule has 1 aromatic heterocycles. The first kappa shape index (κ1) is 18.0. The molecule has 0 bridgehead atoms. The Labute approximate surface area is 154 Å². The zero-order valence-electron chi connectivity index (χ0n) is 14.3. The van der Waals surface area contributed by atoms with Crippen LogP contribution < -0.4 is 10.4 Å². The number of amides is 2. The fourth-order valence-electron chi connectivity index (χ4n) is 2.93. The first-order chi connectivity index (χ1) is 13.0. The van der Waals surface area contributed by atoms with Crippen molar-refractivity contribution < 1.29 is 19.4 Å². The number of carbonyl (C=O) groups excluding carboxylic acids is 1. The van der Waals surface area contributed by atoms with Gasteiger partial charge in [0, 0.05) is 25.9 Å². The summed E-state index contributed by atoms with van der Waals surface area (Å²) in [5, 5.41) is 28.7. The molecular weight excluding hydrogens is 352 g/mol. The number of nitriles is 2. The first-order valence-corrected chi connectivity index (χ1v) is 8.25. The summed E-state index contributed by atoms with van der Waals surface area (Å²) in [5.74, 6) is -0.115. The maximum atomic E-state index is 12.1. The number of hydrogen-bond donors (Lipinski definition) is 2. The van der Waals surface area contributed by atoms with Crippen LogP contribution in [0.5, 0.6) is 0 Å². The molecule has 2 N–H and O–H groups in total. The number of anilines is 1. The maximum absolute atomic E-state index is 12.1. The number of carbonyl (C=O) groups is 2. The van der Waals surface area contributed by atoms with Gasteiger partial charge in [-0.25, -0.2) is 14.8 Å². The van der Waals surface area contributed by atoms with Gasteiger partial charge in [0.25, 0.3) is 0 Å². The molecule has 1 saturated heterocycles. The zero-order valence-corrected chi connectivity index (χ0v) is 14.3. The number of hydrogen-bond acceptors (Lipinski definition) is 7. The molecule has 0 aromatic carbocycles. The zero-order chi connectivity index (χ0) is 19.4. The van der Waals surface area contributed by atoms with E-state index in [1.165, 1.54) is 22.2 Å². The van der Waals surface area contributed by atoms with Gasteiger partial charge in [-0.1, -0.05) is 0 Å². The first-order valence-electron chi connectivity index (χ1n) is 8.25. The molecule has 1 fully saturated rings. The SMILES string of the molecule is N#CC1=C(OC2CCN(C(=O)O)CC2)CC(=O)NN1c1ccc(C#N)nc1. The van der Waals surface area contributed by atoms with Crippen LogP contribution in [0.3, 0.4) is 0 Å². The van der Waals surface area contributed by atoms with Crippen molar-refractivity contribution in [1.82, 2.24) is 15.3 Å². The third-order valence-corrected chi connectivity index (χ3v) is 4.29. The van der Waals surface area contributed by atoms with E-state index in [0.29, 0.717) is 31.6 Å². The molecule has 2 amide bonds. The van der Waals surface area contributed by atoms with Crippen molar-refractivity contribution in [1.29, 1.82) is 10.5 Å². The van der Waals surface area contributed by atoms with E-state index in [9.17, 15) is 14.9 Å². The Balaban J connectivity index is 1.80. The van der Waals surface area contributed by atoms with Crippen molar-refractivity contribution in [2.75, 3.05) is 18.1 Å². The highest BCUT2D eigenvalue weighted by molar-refractivity contribution is 5.84. The molecule has 0 saturated carbocycles. The van der Waals surface area contributed by atoms with Crippen molar-refractivity contribution in [3.05, 3.63) is 35.5 Å². The molecule has 0 spiro atoms. The second-order valence-electron chi connectivity index (χ2n) is 6.03. The van der Waals surface area contributed by atoms with Crippen LogP contribution in [0.25, 0.3) is 0 Å². The Morgan fingerprint density at radius 1 is 1.30 bits per heavy atom. The van der Waals surface area contributed by atoms with E-state index in [1.807, 2.05) is 12.1 Å². The minimum Gasteiger partial charge on any atom is -0.491 e. The second-order valence-corrected chi connectivity index (χ2v) is 6.03. The van der Waals surface area contributed by atoms with Gasteiger partial charge in [-0.3, -0.25) is 10.2 Å². The molecule has 0 atom stereocenters. The number of ether oxygens (including phenoxy) is 1. The van der Waals surface area contributed by atoms with Crippen LogP contribution in [-0.4, -0.2) is 46.2 Å². The molecule has 27 heavy (non-hydrogen) atoms. The van der Waals surface area contributed by atoms with E-state index < -0.39 is 6.09 Å². The number of nitrogens with one attached hydrogen (secondary N) is 1. The Bertz CT molecular complexity index is 859. The Kier molecular flexibility index (Phi) is 5.08. The highest BCUT2D eigenvalue weighted by atomic mass is 16.5. The summed E-state index contributed by atoms with van der Waals surface area (Å²) in [7, 11) is 0. The maximum Gasteiger partial charge on any atom is 0.407 e. The Morgan fingerprint density at radius 2 is 2.04 bits per heavy atom. The van der Waals surface area contributed by atoms with Crippen LogP contribution in [0.4, 0.5) is 10.5 Å². The lowest BCUT2D eigenvalue weighted by Crippen LogP contribution is -2.47. The van der Waals surface area contributed by atoms with Crippen molar-refractivity contribution >= 4 is 17.7 Å². The lowest BCUT2D eigenvalue weighted by atomic mass is 10.1. The quantitative estimate of drug-likeness (QED) is 0.807. The van der Waals surface area contributed by atoms with E-state index in [-0.39, 0.29) is 35.6 Å². The van der Waals surface area contributed by atoms with Crippen molar-refractivity contribution in [3.63, 3.8) is 0 Å². The summed E-state index contributed by atoms with van der Waals surface area (Å²) < 4.78 is 5.89. The molecule has 0 unspecified atom stereocenters. The second kappa shape index (κ2) is 7.62. The van der Waals surface area contributed by atoms with Crippen LogP contribution in [0, 0.1) is 22.7 Å². The number of aromatic nitrogens is 1. The molecule has 3 rings (SSSR count). The predicted molar refractivity (Wildman–Crippen MR) is 90.5 cm³/mol. The van der Waals surface area contributed by atoms with Gasteiger partial charge in [-0.15, -0.1) is 0 Å². The lowest BCUT2D eigenvalue weighted by Gasteiger charge is -2.34. The smallest absolute Gasteiger partial charge is 0.407 e. The normalized spacial score (nSPS) is 17.8. The summed E-state index contributed by atoms with van der Waals surface area (Å²) in [6, 6.07) is 6.98. The molecule has 0 aliphatic carbocycles. The van der Waals surface area contributed by atoms with E-state index in [2.05, 4.69) is 10.4 Å². The highest BCUT2D eigenvalue weighted by Gasteiger charge is 2.31. The molecule has 1 aromatic rings. The monoisotopic (exact) mass is 368 g/mol. The predicted octanol–water partition coefficient (Wildman–Crippen LogP) is 1.09. The number of rotatable bonds is 3. The number of piperidine rings is 1. The van der Waals surface area contributed by atoms with Gasteiger partial charge in [0.2, 0.25) is 5.91 Å². The summed E-state index contributed by atoms with van der Waals surface area (Å²) in [5.41, 5.74) is 3.34. The van der Waals surface area contributed by atoms with Gasteiger partial charge in [-0.2, -0.15) is 10.5 Å². The molecule has 10 heteroatoms. The van der Waals surface area contributed by atoms with Crippen LogP contribution in [0.1, 0.15) is 25.0 Å². The number of likely N-dealkylation sites (tertiary alicyclic amines) is 1. The Morgan fingerprint density at radius 3 is 2.59 bits per heavy atom. The van der Waals surface area contributed by atoms with Crippen LogP contribution >= 0.6 is 0 Å². The fraction of sp³-hybridized carbons (Fsp3) is 0.353. The summed E-state index contributed by atoms with van der Waals surface area (Å²) in [4.78, 5) is 28.3. The average Bonchev–Trinajstić information content (AvgIpc) is 2.68. The van der Waals surface area contributed by atoms with E-state index in [4.69, 9.17) is 15.1 Å². The van der Waals surface area contributed by atoms with Crippen LogP contribution in [0.2, 0.25) is 0 Å². The molecule has 138 valence electrons. The van der Waals surface area contributed by atoms with E-state index in [1.54, 1.807) is 6.07 Å². The van der Waals surface area contributed by atoms with E-state index >= 15 is 0 Å². The van der Waals surface area contributed by atoms with Gasteiger partial charge in [0.15, 0.2) is 5.70 Å². The average molecular weight is 368 g/mol. The summed E-state index contributed by atoms with van der Waals surface area (Å²) in [6.45, 7) is 0.676. The van der Waals surface area contributed by atoms with Crippen LogP contribution in [0.15, 0.2) is 29.8 Å². The largest absolute Gasteiger partial charge is 0.491 e. The number of hydrazine groups is 1. The molecule has 10 nitrogen and oxygen atoms in total. The summed E-state index contributed by atoms with van der Waals surface area (Å²) >= 11 is 0. The number of nitrogens with zero attached hydrogens (tertiary/aromatic N) is 5. The third kappa shape index (κ3) is 3.90. The molecule has 0 radical (unpaired) electrons. The molecule has 3 heterocycles. The number of pyridine rings is 1. The van der Waals surface area contributed by atoms with Crippen molar-refractivity contribution in [2.24, 2.45) is 0 Å². The van der Waals surface area contributed by atoms with Gasteiger partial charge in [-0.05, 0) is 12.1 Å². The Hall–Kier alpha value is -3.79. The van der Waals surface area contributed by atoms with Crippen molar-refractivity contribution in [3.8, 4) is 12.1 Å². The van der Waals surface area contributed by atoms with Gasteiger partial charge < -0.3 is 14.7 Å². The minimum absolute atomic E-state index is 0.0811. The van der Waals surface area contributed by atoms with E-state index in [0.717, 1.165) is 0 Å². The molecular formula is C17H16N6O4. The topological polar surface area (TPSA) is 143 Å². The number of allylic oxidation sites excluding steroid dienone is 1. The fourth-order valence-corrected chi connectivity index (χ4v) is 2.93. The van der Waals surface area contributed by atoms with Crippen LogP contribution in [-0.2, 0) is 9.53 Å². The third-order valence-electron chi connectivity index (χ3n) is 4.29. The standard InChI is InChI=1S/C17H16N6O4/c18-8-11-1-2-12(10-20-11)23-14(9-19)15(7-16(24)21-23)27-13-3-5-22(6-4-13)17(25)26/h1-2,10,13H,3-7H2,(H,21,24)(H,25,26). The van der Waals surface area contributed by atoms with Gasteiger partial charge in [0.1, 0.15) is 29.7 Å².